The van der Waals surface area contributed by atoms with E-state index in [9.17, 15) is 9.18 Å². The van der Waals surface area contributed by atoms with Crippen molar-refractivity contribution >= 4 is 27.6 Å². The fourth-order valence-corrected chi connectivity index (χ4v) is 3.13. The van der Waals surface area contributed by atoms with Crippen LogP contribution in [0.15, 0.2) is 16.6 Å². The van der Waals surface area contributed by atoms with E-state index >= 15 is 0 Å². The number of halogens is 2. The summed E-state index contributed by atoms with van der Waals surface area (Å²) in [5.74, 6) is -0.349. The van der Waals surface area contributed by atoms with Crippen LogP contribution in [0.2, 0.25) is 0 Å². The van der Waals surface area contributed by atoms with Gasteiger partial charge in [0.05, 0.1) is 15.7 Å². The van der Waals surface area contributed by atoms with Crippen LogP contribution in [-0.4, -0.2) is 17.6 Å². The molecule has 2 atom stereocenters. The van der Waals surface area contributed by atoms with Crippen molar-refractivity contribution in [3.8, 4) is 0 Å². The van der Waals surface area contributed by atoms with Crippen LogP contribution >= 0.6 is 15.9 Å². The van der Waals surface area contributed by atoms with Crippen molar-refractivity contribution in [1.29, 1.82) is 0 Å². The molecule has 3 nitrogen and oxygen atoms in total. The Morgan fingerprint density at radius 3 is 2.84 bits per heavy atom. The second kappa shape index (κ2) is 5.90. The summed E-state index contributed by atoms with van der Waals surface area (Å²) in [6.07, 6.45) is 3.57. The molecule has 2 N–H and O–H groups in total. The fourth-order valence-electron chi connectivity index (χ4n) is 2.62. The molecule has 1 aromatic carbocycles. The average Bonchev–Trinajstić information content (AvgIpc) is 2.76. The SMILES string of the molecule is CC1CCC(CNc2ccc(C(=O)O)c(Br)c2F)C1. The van der Waals surface area contributed by atoms with Gasteiger partial charge in [0.25, 0.3) is 0 Å². The molecule has 1 aliphatic rings. The number of benzene rings is 1. The van der Waals surface area contributed by atoms with E-state index in [4.69, 9.17) is 5.11 Å². The number of carboxylic acid groups (broad SMARTS) is 1. The van der Waals surface area contributed by atoms with Gasteiger partial charge in [-0.1, -0.05) is 13.3 Å². The van der Waals surface area contributed by atoms with Gasteiger partial charge in [0, 0.05) is 6.54 Å². The molecule has 1 aromatic rings. The van der Waals surface area contributed by atoms with Crippen LogP contribution in [0.25, 0.3) is 0 Å². The molecule has 2 unspecified atom stereocenters. The van der Waals surface area contributed by atoms with Gasteiger partial charge in [-0.3, -0.25) is 0 Å². The van der Waals surface area contributed by atoms with Crippen LogP contribution in [0.4, 0.5) is 10.1 Å². The largest absolute Gasteiger partial charge is 0.478 e. The van der Waals surface area contributed by atoms with E-state index in [0.717, 1.165) is 12.5 Å². The molecular formula is C14H17BrFNO2. The Balaban J connectivity index is 2.05. The highest BCUT2D eigenvalue weighted by Gasteiger charge is 2.22. The topological polar surface area (TPSA) is 49.3 Å². The van der Waals surface area contributed by atoms with Crippen LogP contribution in [0.1, 0.15) is 36.5 Å². The lowest BCUT2D eigenvalue weighted by atomic mass is 10.1. The van der Waals surface area contributed by atoms with Crippen molar-refractivity contribution in [3.05, 3.63) is 28.0 Å². The predicted octanol–water partition coefficient (Wildman–Crippen LogP) is 4.13. The van der Waals surface area contributed by atoms with Crippen LogP contribution in [-0.2, 0) is 0 Å². The first-order chi connectivity index (χ1) is 8.99. The molecule has 0 radical (unpaired) electrons. The van der Waals surface area contributed by atoms with Crippen LogP contribution < -0.4 is 5.32 Å². The molecule has 1 saturated carbocycles. The molecule has 0 saturated heterocycles. The first-order valence-electron chi connectivity index (χ1n) is 6.44. The van der Waals surface area contributed by atoms with Gasteiger partial charge in [0.1, 0.15) is 0 Å². The number of rotatable bonds is 4. The van der Waals surface area contributed by atoms with Gasteiger partial charge in [-0.25, -0.2) is 9.18 Å². The summed E-state index contributed by atoms with van der Waals surface area (Å²) in [5, 5.41) is 12.0. The van der Waals surface area contributed by atoms with E-state index in [1.54, 1.807) is 0 Å². The summed E-state index contributed by atoms with van der Waals surface area (Å²) in [5.41, 5.74) is 0.300. The van der Waals surface area contributed by atoms with Crippen LogP contribution in [0, 0.1) is 17.7 Å². The zero-order valence-corrected chi connectivity index (χ0v) is 12.3. The highest BCUT2D eigenvalue weighted by atomic mass is 79.9. The average molecular weight is 330 g/mol. The maximum atomic E-state index is 14.0. The molecule has 2 rings (SSSR count). The zero-order valence-electron chi connectivity index (χ0n) is 10.7. The Hall–Kier alpha value is -1.10. The van der Waals surface area contributed by atoms with Crippen molar-refractivity contribution in [3.63, 3.8) is 0 Å². The third kappa shape index (κ3) is 3.26. The number of hydrogen-bond donors (Lipinski definition) is 2. The summed E-state index contributed by atoms with van der Waals surface area (Å²) in [4.78, 5) is 10.9. The zero-order chi connectivity index (χ0) is 14.0. The molecule has 0 heterocycles. The van der Waals surface area contributed by atoms with Gasteiger partial charge in [-0.2, -0.15) is 0 Å². The summed E-state index contributed by atoms with van der Waals surface area (Å²) in [6, 6.07) is 2.90. The molecule has 0 aliphatic heterocycles. The smallest absolute Gasteiger partial charge is 0.336 e. The summed E-state index contributed by atoms with van der Waals surface area (Å²) in [6.45, 7) is 2.97. The Bertz CT molecular complexity index is 493. The number of nitrogens with one attached hydrogen (secondary N) is 1. The first kappa shape index (κ1) is 14.3. The number of carboxylic acids is 1. The maximum absolute atomic E-state index is 14.0. The molecule has 0 aromatic heterocycles. The van der Waals surface area contributed by atoms with Gasteiger partial charge < -0.3 is 10.4 Å². The molecule has 0 bridgehead atoms. The molecule has 5 heteroatoms. The highest BCUT2D eigenvalue weighted by Crippen LogP contribution is 2.32. The normalized spacial score (nSPS) is 22.5. The number of aromatic carboxylic acids is 1. The number of anilines is 1. The third-order valence-electron chi connectivity index (χ3n) is 3.70. The predicted molar refractivity (Wildman–Crippen MR) is 76.1 cm³/mol. The molecular weight excluding hydrogens is 313 g/mol. The van der Waals surface area contributed by atoms with Crippen LogP contribution in [0.3, 0.4) is 0 Å². The Morgan fingerprint density at radius 1 is 1.53 bits per heavy atom. The van der Waals surface area contributed by atoms with Crippen molar-refractivity contribution < 1.29 is 14.3 Å². The van der Waals surface area contributed by atoms with Crippen LogP contribution in [0.5, 0.6) is 0 Å². The molecule has 19 heavy (non-hydrogen) atoms. The summed E-state index contributed by atoms with van der Waals surface area (Å²) >= 11 is 3.00. The van der Waals surface area contributed by atoms with Gasteiger partial charge in [-0.15, -0.1) is 0 Å². The summed E-state index contributed by atoms with van der Waals surface area (Å²) < 4.78 is 14.0. The van der Waals surface area contributed by atoms with Gasteiger partial charge in [0.2, 0.25) is 0 Å². The molecule has 0 spiro atoms. The molecule has 104 valence electrons. The summed E-state index contributed by atoms with van der Waals surface area (Å²) in [7, 11) is 0. The first-order valence-corrected chi connectivity index (χ1v) is 7.23. The minimum Gasteiger partial charge on any atom is -0.478 e. The Labute approximate surface area is 120 Å². The van der Waals surface area contributed by atoms with Gasteiger partial charge >= 0.3 is 5.97 Å². The quantitative estimate of drug-likeness (QED) is 0.872. The fraction of sp³-hybridized carbons (Fsp3) is 0.500. The second-order valence-corrected chi connectivity index (χ2v) is 6.05. The van der Waals surface area contributed by atoms with Crippen molar-refractivity contribution in [1.82, 2.24) is 0 Å². The lowest BCUT2D eigenvalue weighted by Gasteiger charge is -2.14. The standard InChI is InChI=1S/C14H17BrFNO2/c1-8-2-3-9(6-8)7-17-11-5-4-10(14(18)19)12(15)13(11)16/h4-5,8-9,17H,2-3,6-7H2,1H3,(H,18,19). The van der Waals surface area contributed by atoms with E-state index in [0.29, 0.717) is 11.6 Å². The van der Waals surface area contributed by atoms with Gasteiger partial charge in [-0.05, 0) is 52.7 Å². The third-order valence-corrected chi connectivity index (χ3v) is 4.47. The Kier molecular flexibility index (Phi) is 4.45. The van der Waals surface area contributed by atoms with E-state index in [-0.39, 0.29) is 10.0 Å². The van der Waals surface area contributed by atoms with E-state index in [1.165, 1.54) is 31.4 Å². The van der Waals surface area contributed by atoms with Crippen molar-refractivity contribution in [2.24, 2.45) is 11.8 Å². The second-order valence-electron chi connectivity index (χ2n) is 5.26. The maximum Gasteiger partial charge on any atom is 0.336 e. The number of carbonyl (C=O) groups is 1. The minimum atomic E-state index is -1.14. The monoisotopic (exact) mass is 329 g/mol. The van der Waals surface area contributed by atoms with E-state index < -0.39 is 11.8 Å². The van der Waals surface area contributed by atoms with Crippen molar-refractivity contribution in [2.75, 3.05) is 11.9 Å². The van der Waals surface area contributed by atoms with Crippen molar-refractivity contribution in [2.45, 2.75) is 26.2 Å². The molecule has 0 amide bonds. The highest BCUT2D eigenvalue weighted by molar-refractivity contribution is 9.10. The number of hydrogen-bond acceptors (Lipinski definition) is 2. The van der Waals surface area contributed by atoms with Gasteiger partial charge in [0.15, 0.2) is 5.82 Å². The lowest BCUT2D eigenvalue weighted by Crippen LogP contribution is -2.13. The van der Waals surface area contributed by atoms with E-state index in [2.05, 4.69) is 28.2 Å². The molecule has 1 fully saturated rings. The molecule has 1 aliphatic carbocycles. The lowest BCUT2D eigenvalue weighted by molar-refractivity contribution is 0.0695. The Morgan fingerprint density at radius 2 is 2.26 bits per heavy atom. The minimum absolute atomic E-state index is 0.00444. The van der Waals surface area contributed by atoms with E-state index in [1.807, 2.05) is 0 Å².